The van der Waals surface area contributed by atoms with E-state index in [9.17, 15) is 13.2 Å². The predicted molar refractivity (Wildman–Crippen MR) is 65.1 cm³/mol. The van der Waals surface area contributed by atoms with Gasteiger partial charge in [0.2, 0.25) is 0 Å². The number of alkyl halides is 3. The molecule has 0 aliphatic heterocycles. The first-order chi connectivity index (χ1) is 8.50. The van der Waals surface area contributed by atoms with Crippen molar-refractivity contribution >= 4 is 0 Å². The molecule has 1 fully saturated rings. The van der Waals surface area contributed by atoms with E-state index in [-0.39, 0.29) is 0 Å². The van der Waals surface area contributed by atoms with E-state index >= 15 is 0 Å². The van der Waals surface area contributed by atoms with Crippen LogP contribution in [0.5, 0.6) is 0 Å². The predicted octanol–water partition coefficient (Wildman–Crippen LogP) is 3.98. The molecule has 0 amide bonds. The van der Waals surface area contributed by atoms with Crippen LogP contribution in [0.25, 0.3) is 0 Å². The second kappa shape index (κ2) is 5.31. The summed E-state index contributed by atoms with van der Waals surface area (Å²) in [6.07, 6.45) is -0.734. The molecule has 1 saturated carbocycles. The average Bonchev–Trinajstić information content (AvgIpc) is 3.14. The van der Waals surface area contributed by atoms with E-state index in [0.29, 0.717) is 18.2 Å². The Labute approximate surface area is 105 Å². The van der Waals surface area contributed by atoms with Gasteiger partial charge in [-0.25, -0.2) is 0 Å². The minimum absolute atomic E-state index is 0.444. The summed E-state index contributed by atoms with van der Waals surface area (Å²) >= 11 is 0. The van der Waals surface area contributed by atoms with Crippen LogP contribution in [-0.4, -0.2) is 6.04 Å². The van der Waals surface area contributed by atoms with E-state index < -0.39 is 11.7 Å². The van der Waals surface area contributed by atoms with Gasteiger partial charge in [-0.2, -0.15) is 13.2 Å². The van der Waals surface area contributed by atoms with Gasteiger partial charge in [0.25, 0.3) is 0 Å². The lowest BCUT2D eigenvalue weighted by atomic mass is 10.1. The van der Waals surface area contributed by atoms with Crippen molar-refractivity contribution in [3.05, 3.63) is 35.4 Å². The first kappa shape index (κ1) is 13.4. The van der Waals surface area contributed by atoms with Crippen molar-refractivity contribution in [2.24, 2.45) is 5.92 Å². The van der Waals surface area contributed by atoms with Crippen LogP contribution < -0.4 is 5.32 Å². The molecule has 0 bridgehead atoms. The zero-order valence-corrected chi connectivity index (χ0v) is 10.4. The van der Waals surface area contributed by atoms with E-state index in [1.807, 2.05) is 0 Å². The van der Waals surface area contributed by atoms with Crippen LogP contribution in [0.3, 0.4) is 0 Å². The monoisotopic (exact) mass is 257 g/mol. The van der Waals surface area contributed by atoms with E-state index in [4.69, 9.17) is 0 Å². The molecule has 1 aliphatic rings. The van der Waals surface area contributed by atoms with Crippen LogP contribution in [0.2, 0.25) is 0 Å². The molecular weight excluding hydrogens is 239 g/mol. The molecule has 2 rings (SSSR count). The maximum Gasteiger partial charge on any atom is 0.416 e. The molecule has 0 saturated heterocycles. The van der Waals surface area contributed by atoms with Crippen molar-refractivity contribution in [3.63, 3.8) is 0 Å². The fourth-order valence-electron chi connectivity index (χ4n) is 2.25. The highest BCUT2D eigenvalue weighted by Gasteiger charge is 2.31. The standard InChI is InChI=1S/C14H18F3N/c1-2-13(11-6-7-11)18-9-10-4-3-5-12(8-10)14(15,16)17/h3-5,8,11,13,18H,2,6-7,9H2,1H3. The number of halogens is 3. The van der Waals surface area contributed by atoms with Crippen LogP contribution in [-0.2, 0) is 12.7 Å². The van der Waals surface area contributed by atoms with E-state index in [2.05, 4.69) is 12.2 Å². The first-order valence-corrected chi connectivity index (χ1v) is 6.40. The lowest BCUT2D eigenvalue weighted by Gasteiger charge is -2.16. The summed E-state index contributed by atoms with van der Waals surface area (Å²) in [6.45, 7) is 2.63. The highest BCUT2D eigenvalue weighted by atomic mass is 19.4. The summed E-state index contributed by atoms with van der Waals surface area (Å²) in [5.41, 5.74) is 0.130. The van der Waals surface area contributed by atoms with E-state index in [0.717, 1.165) is 18.4 Å². The Morgan fingerprint density at radius 1 is 1.33 bits per heavy atom. The summed E-state index contributed by atoms with van der Waals surface area (Å²) in [6, 6.07) is 5.99. The molecule has 1 nitrogen and oxygen atoms in total. The number of benzene rings is 1. The molecular formula is C14H18F3N. The highest BCUT2D eigenvalue weighted by molar-refractivity contribution is 5.25. The first-order valence-electron chi connectivity index (χ1n) is 6.40. The maximum atomic E-state index is 12.6. The second-order valence-electron chi connectivity index (χ2n) is 4.93. The van der Waals surface area contributed by atoms with Gasteiger partial charge in [-0.15, -0.1) is 0 Å². The van der Waals surface area contributed by atoms with Crippen LogP contribution in [0.4, 0.5) is 13.2 Å². The van der Waals surface area contributed by atoms with Gasteiger partial charge < -0.3 is 5.32 Å². The van der Waals surface area contributed by atoms with Crippen molar-refractivity contribution in [2.75, 3.05) is 0 Å². The largest absolute Gasteiger partial charge is 0.416 e. The topological polar surface area (TPSA) is 12.0 Å². The molecule has 4 heteroatoms. The minimum atomic E-state index is -4.25. The Hall–Kier alpha value is -1.03. The smallest absolute Gasteiger partial charge is 0.310 e. The summed E-state index contributed by atoms with van der Waals surface area (Å²) in [5.74, 6) is 0.723. The molecule has 1 unspecified atom stereocenters. The molecule has 1 aliphatic carbocycles. The van der Waals surface area contributed by atoms with Gasteiger partial charge in [-0.05, 0) is 36.8 Å². The molecule has 0 radical (unpaired) electrons. The van der Waals surface area contributed by atoms with Crippen LogP contribution in [0.1, 0.15) is 37.3 Å². The minimum Gasteiger partial charge on any atom is -0.310 e. The van der Waals surface area contributed by atoms with Crippen LogP contribution in [0, 0.1) is 5.92 Å². The fraction of sp³-hybridized carbons (Fsp3) is 0.571. The molecule has 0 heterocycles. The molecule has 0 aromatic heterocycles. The molecule has 0 spiro atoms. The molecule has 1 aromatic rings. The Kier molecular flexibility index (Phi) is 3.95. The average molecular weight is 257 g/mol. The summed E-state index contributed by atoms with van der Waals surface area (Å²) in [4.78, 5) is 0. The normalized spacial score (nSPS) is 17.8. The summed E-state index contributed by atoms with van der Waals surface area (Å²) < 4.78 is 37.7. The van der Waals surface area contributed by atoms with Crippen molar-refractivity contribution in [3.8, 4) is 0 Å². The number of nitrogens with one attached hydrogen (secondary N) is 1. The quantitative estimate of drug-likeness (QED) is 0.841. The third kappa shape index (κ3) is 3.48. The van der Waals surface area contributed by atoms with Crippen LogP contribution in [0.15, 0.2) is 24.3 Å². The second-order valence-corrected chi connectivity index (χ2v) is 4.93. The van der Waals surface area contributed by atoms with Crippen molar-refractivity contribution in [1.29, 1.82) is 0 Å². The van der Waals surface area contributed by atoms with E-state index in [1.165, 1.54) is 25.0 Å². The summed E-state index contributed by atoms with van der Waals surface area (Å²) in [7, 11) is 0. The van der Waals surface area contributed by atoms with Crippen LogP contribution >= 0.6 is 0 Å². The van der Waals surface area contributed by atoms with Crippen molar-refractivity contribution in [1.82, 2.24) is 5.32 Å². The lowest BCUT2D eigenvalue weighted by Crippen LogP contribution is -2.29. The fourth-order valence-corrected chi connectivity index (χ4v) is 2.25. The lowest BCUT2D eigenvalue weighted by molar-refractivity contribution is -0.137. The Morgan fingerprint density at radius 2 is 2.06 bits per heavy atom. The maximum absolute atomic E-state index is 12.6. The summed E-state index contributed by atoms with van der Waals surface area (Å²) in [5, 5.41) is 3.36. The Bertz CT molecular complexity index is 396. The number of hydrogen-bond donors (Lipinski definition) is 1. The molecule has 18 heavy (non-hydrogen) atoms. The molecule has 1 aromatic carbocycles. The van der Waals surface area contributed by atoms with Gasteiger partial charge in [-0.3, -0.25) is 0 Å². The number of hydrogen-bond acceptors (Lipinski definition) is 1. The molecule has 1 N–H and O–H groups in total. The zero-order chi connectivity index (χ0) is 13.2. The zero-order valence-electron chi connectivity index (χ0n) is 10.4. The van der Waals surface area contributed by atoms with Gasteiger partial charge in [0.05, 0.1) is 5.56 Å². The number of rotatable bonds is 5. The van der Waals surface area contributed by atoms with Gasteiger partial charge in [0.1, 0.15) is 0 Å². The van der Waals surface area contributed by atoms with E-state index in [1.54, 1.807) is 6.07 Å². The van der Waals surface area contributed by atoms with Crippen molar-refractivity contribution in [2.45, 2.75) is 44.9 Å². The Morgan fingerprint density at radius 3 is 2.61 bits per heavy atom. The molecule has 100 valence electrons. The van der Waals surface area contributed by atoms with Gasteiger partial charge in [-0.1, -0.05) is 25.1 Å². The SMILES string of the molecule is CCC(NCc1cccc(C(F)(F)F)c1)C1CC1. The van der Waals surface area contributed by atoms with Gasteiger partial charge in [0, 0.05) is 12.6 Å². The van der Waals surface area contributed by atoms with Crippen molar-refractivity contribution < 1.29 is 13.2 Å². The highest BCUT2D eigenvalue weighted by Crippen LogP contribution is 2.34. The van der Waals surface area contributed by atoms with Gasteiger partial charge >= 0.3 is 6.18 Å². The third-order valence-electron chi connectivity index (χ3n) is 3.45. The van der Waals surface area contributed by atoms with Gasteiger partial charge in [0.15, 0.2) is 0 Å². The third-order valence-corrected chi connectivity index (χ3v) is 3.45. The molecule has 1 atom stereocenters. The Balaban J connectivity index is 1.96.